The highest BCUT2D eigenvalue weighted by Gasteiger charge is 2.47. The lowest BCUT2D eigenvalue weighted by atomic mass is 9.81. The predicted molar refractivity (Wildman–Crippen MR) is 100 cm³/mol. The molecule has 1 N–H and O–H groups in total. The maximum Gasteiger partial charge on any atom is 0.251 e. The van der Waals surface area contributed by atoms with Gasteiger partial charge in [0, 0.05) is 42.8 Å². The van der Waals surface area contributed by atoms with Crippen molar-refractivity contribution in [1.82, 2.24) is 10.2 Å². The molecule has 2 heterocycles. The average molecular weight is 339 g/mol. The number of carbonyl (C=O) groups is 1. The summed E-state index contributed by atoms with van der Waals surface area (Å²) in [5.41, 5.74) is 3.89. The molecular formula is C21H29N3O. The van der Waals surface area contributed by atoms with Crippen molar-refractivity contribution >= 4 is 11.6 Å². The lowest BCUT2D eigenvalue weighted by Crippen LogP contribution is -2.36. The van der Waals surface area contributed by atoms with Gasteiger partial charge in [0.15, 0.2) is 0 Å². The second-order valence-electron chi connectivity index (χ2n) is 8.98. The SMILES string of the molecule is CN1CCC2(C1)CN(CC1CC1)c1ccc(C(=O)NCC3CC3)cc12. The van der Waals surface area contributed by atoms with Crippen LogP contribution in [-0.4, -0.2) is 50.6 Å². The van der Waals surface area contributed by atoms with Crippen molar-refractivity contribution in [1.29, 1.82) is 0 Å². The highest BCUT2D eigenvalue weighted by atomic mass is 16.1. The summed E-state index contributed by atoms with van der Waals surface area (Å²) >= 11 is 0. The Hall–Kier alpha value is -1.55. The number of nitrogens with zero attached hydrogens (tertiary/aromatic N) is 2. The molecule has 0 bridgehead atoms. The summed E-state index contributed by atoms with van der Waals surface area (Å²) in [6.45, 7) is 5.46. The second-order valence-corrected chi connectivity index (χ2v) is 8.98. The van der Waals surface area contributed by atoms with Gasteiger partial charge < -0.3 is 15.1 Å². The van der Waals surface area contributed by atoms with Crippen LogP contribution >= 0.6 is 0 Å². The molecule has 2 aliphatic carbocycles. The molecule has 1 atom stereocenters. The number of rotatable bonds is 5. The van der Waals surface area contributed by atoms with E-state index in [9.17, 15) is 4.79 Å². The molecule has 2 aliphatic heterocycles. The molecule has 1 aromatic rings. The van der Waals surface area contributed by atoms with Gasteiger partial charge in [0.2, 0.25) is 0 Å². The van der Waals surface area contributed by atoms with Gasteiger partial charge in [0.25, 0.3) is 5.91 Å². The highest BCUT2D eigenvalue weighted by Crippen LogP contribution is 2.47. The number of amides is 1. The topological polar surface area (TPSA) is 35.6 Å². The molecule has 134 valence electrons. The average Bonchev–Trinajstić information content (AvgIpc) is 3.52. The molecule has 1 amide bonds. The number of anilines is 1. The van der Waals surface area contributed by atoms with Gasteiger partial charge >= 0.3 is 0 Å². The van der Waals surface area contributed by atoms with Crippen molar-refractivity contribution in [2.24, 2.45) is 11.8 Å². The maximum atomic E-state index is 12.6. The lowest BCUT2D eigenvalue weighted by Gasteiger charge is -2.26. The van der Waals surface area contributed by atoms with Gasteiger partial charge in [0.1, 0.15) is 0 Å². The Balaban J connectivity index is 1.43. The minimum atomic E-state index is 0.108. The summed E-state index contributed by atoms with van der Waals surface area (Å²) in [5.74, 6) is 1.72. The number of nitrogens with one attached hydrogen (secondary N) is 1. The van der Waals surface area contributed by atoms with E-state index < -0.39 is 0 Å². The van der Waals surface area contributed by atoms with Crippen LogP contribution in [0, 0.1) is 11.8 Å². The van der Waals surface area contributed by atoms with Crippen molar-refractivity contribution in [2.45, 2.75) is 37.5 Å². The maximum absolute atomic E-state index is 12.6. The molecular weight excluding hydrogens is 310 g/mol. The Morgan fingerprint density at radius 2 is 2.00 bits per heavy atom. The fourth-order valence-corrected chi connectivity index (χ4v) is 4.78. The first-order chi connectivity index (χ1) is 12.1. The minimum absolute atomic E-state index is 0.108. The third kappa shape index (κ3) is 2.95. The molecule has 4 heteroatoms. The zero-order chi connectivity index (χ0) is 17.0. The van der Waals surface area contributed by atoms with Gasteiger partial charge in [-0.3, -0.25) is 4.79 Å². The van der Waals surface area contributed by atoms with Crippen LogP contribution in [0.5, 0.6) is 0 Å². The van der Waals surface area contributed by atoms with Crippen LogP contribution in [-0.2, 0) is 5.41 Å². The summed E-state index contributed by atoms with van der Waals surface area (Å²) in [5, 5.41) is 3.13. The normalized spacial score (nSPS) is 28.6. The number of benzene rings is 1. The quantitative estimate of drug-likeness (QED) is 0.896. The van der Waals surface area contributed by atoms with Gasteiger partial charge in [-0.25, -0.2) is 0 Å². The smallest absolute Gasteiger partial charge is 0.251 e. The summed E-state index contributed by atoms with van der Waals surface area (Å²) in [7, 11) is 2.23. The predicted octanol–water partition coefficient (Wildman–Crippen LogP) is 2.63. The van der Waals surface area contributed by atoms with E-state index in [1.54, 1.807) is 0 Å². The first kappa shape index (κ1) is 15.7. The largest absolute Gasteiger partial charge is 0.370 e. The van der Waals surface area contributed by atoms with Crippen LogP contribution in [0.3, 0.4) is 0 Å². The summed E-state index contributed by atoms with van der Waals surface area (Å²) in [6.07, 6.45) is 6.54. The summed E-state index contributed by atoms with van der Waals surface area (Å²) < 4.78 is 0. The number of carbonyl (C=O) groups excluding carboxylic acids is 1. The number of likely N-dealkylation sites (N-methyl/N-ethyl adjacent to an activating group) is 1. The van der Waals surface area contributed by atoms with Crippen LogP contribution in [0.15, 0.2) is 18.2 Å². The molecule has 3 fully saturated rings. The molecule has 4 nitrogen and oxygen atoms in total. The molecule has 1 unspecified atom stereocenters. The van der Waals surface area contributed by atoms with E-state index in [2.05, 4.69) is 34.3 Å². The fraction of sp³-hybridized carbons (Fsp3) is 0.667. The molecule has 25 heavy (non-hydrogen) atoms. The fourth-order valence-electron chi connectivity index (χ4n) is 4.78. The van der Waals surface area contributed by atoms with E-state index in [0.29, 0.717) is 0 Å². The molecule has 1 spiro atoms. The van der Waals surface area contributed by atoms with Gasteiger partial charge in [-0.2, -0.15) is 0 Å². The molecule has 5 rings (SSSR count). The lowest BCUT2D eigenvalue weighted by molar-refractivity contribution is 0.0951. The van der Waals surface area contributed by atoms with Crippen LogP contribution in [0.25, 0.3) is 0 Å². The minimum Gasteiger partial charge on any atom is -0.370 e. The van der Waals surface area contributed by atoms with Crippen molar-refractivity contribution in [3.8, 4) is 0 Å². The monoisotopic (exact) mass is 339 g/mol. The molecule has 2 saturated carbocycles. The van der Waals surface area contributed by atoms with Crippen molar-refractivity contribution in [3.05, 3.63) is 29.3 Å². The van der Waals surface area contributed by atoms with E-state index >= 15 is 0 Å². The van der Waals surface area contributed by atoms with E-state index in [0.717, 1.165) is 43.6 Å². The number of fused-ring (bicyclic) bond motifs is 2. The summed E-state index contributed by atoms with van der Waals surface area (Å²) in [6, 6.07) is 6.47. The number of hydrogen-bond acceptors (Lipinski definition) is 3. The van der Waals surface area contributed by atoms with Crippen molar-refractivity contribution < 1.29 is 4.79 Å². The highest BCUT2D eigenvalue weighted by molar-refractivity contribution is 5.95. The van der Waals surface area contributed by atoms with Crippen LogP contribution in [0.2, 0.25) is 0 Å². The van der Waals surface area contributed by atoms with E-state index in [4.69, 9.17) is 0 Å². The van der Waals surface area contributed by atoms with Gasteiger partial charge in [-0.15, -0.1) is 0 Å². The molecule has 1 saturated heterocycles. The third-order valence-electron chi connectivity index (χ3n) is 6.63. The third-order valence-corrected chi connectivity index (χ3v) is 6.63. The first-order valence-electron chi connectivity index (χ1n) is 9.99. The second kappa shape index (κ2) is 5.73. The van der Waals surface area contributed by atoms with Gasteiger partial charge in [0.05, 0.1) is 0 Å². The van der Waals surface area contributed by atoms with Crippen molar-refractivity contribution in [2.75, 3.05) is 44.7 Å². The summed E-state index contributed by atoms with van der Waals surface area (Å²) in [4.78, 5) is 17.6. The zero-order valence-electron chi connectivity index (χ0n) is 15.3. The Morgan fingerprint density at radius 3 is 2.68 bits per heavy atom. The number of hydrogen-bond donors (Lipinski definition) is 1. The standard InChI is InChI=1S/C21H29N3O/c1-23-9-8-21(13-23)14-24(12-16-4-5-16)19-7-6-17(10-18(19)21)20(25)22-11-15-2-3-15/h6-7,10,15-16H,2-5,8-9,11-14H2,1H3,(H,22,25). The van der Waals surface area contributed by atoms with E-state index in [-0.39, 0.29) is 11.3 Å². The Bertz CT molecular complexity index is 694. The van der Waals surface area contributed by atoms with Crippen LogP contribution in [0.1, 0.15) is 48.0 Å². The first-order valence-corrected chi connectivity index (χ1v) is 9.99. The molecule has 0 radical (unpaired) electrons. The van der Waals surface area contributed by atoms with Gasteiger partial charge in [-0.05, 0) is 81.3 Å². The van der Waals surface area contributed by atoms with E-state index in [1.165, 1.54) is 49.9 Å². The molecule has 1 aromatic carbocycles. The van der Waals surface area contributed by atoms with E-state index in [1.807, 2.05) is 6.07 Å². The molecule has 4 aliphatic rings. The molecule has 0 aromatic heterocycles. The zero-order valence-corrected chi connectivity index (χ0v) is 15.3. The number of likely N-dealkylation sites (tertiary alicyclic amines) is 1. The van der Waals surface area contributed by atoms with Crippen LogP contribution in [0.4, 0.5) is 5.69 Å². The Morgan fingerprint density at radius 1 is 1.20 bits per heavy atom. The Labute approximate surface area is 150 Å². The van der Waals surface area contributed by atoms with Gasteiger partial charge in [-0.1, -0.05) is 0 Å². The Kier molecular flexibility index (Phi) is 3.60. The van der Waals surface area contributed by atoms with Crippen LogP contribution < -0.4 is 10.2 Å². The van der Waals surface area contributed by atoms with Crippen molar-refractivity contribution in [3.63, 3.8) is 0 Å².